The van der Waals surface area contributed by atoms with Gasteiger partial charge < -0.3 is 19.5 Å². The van der Waals surface area contributed by atoms with Gasteiger partial charge in [0.1, 0.15) is 0 Å². The number of methoxy groups -OCH3 is 2. The van der Waals surface area contributed by atoms with Crippen molar-refractivity contribution in [2.24, 2.45) is 0 Å². The third-order valence-electron chi connectivity index (χ3n) is 3.44. The average Bonchev–Trinajstić information content (AvgIpc) is 2.65. The fourth-order valence-electron chi connectivity index (χ4n) is 2.18. The van der Waals surface area contributed by atoms with Crippen molar-refractivity contribution in [2.75, 3.05) is 26.1 Å². The summed E-state index contributed by atoms with van der Waals surface area (Å²) >= 11 is 0. The number of esters is 1. The molecular weight excluding hydrogens is 322 g/mol. The van der Waals surface area contributed by atoms with Crippen LogP contribution >= 0.6 is 0 Å². The van der Waals surface area contributed by atoms with Gasteiger partial charge in [-0.2, -0.15) is 0 Å². The maximum atomic E-state index is 12.4. The lowest BCUT2D eigenvalue weighted by Gasteiger charge is -2.10. The van der Waals surface area contributed by atoms with E-state index in [0.29, 0.717) is 34.9 Å². The van der Waals surface area contributed by atoms with Gasteiger partial charge in [-0.25, -0.2) is 4.79 Å². The van der Waals surface area contributed by atoms with Crippen LogP contribution in [0, 0.1) is 0 Å². The molecular formula is C19H21NO5. The number of anilines is 1. The number of carbonyl (C=O) groups is 2. The zero-order chi connectivity index (χ0) is 18.2. The van der Waals surface area contributed by atoms with E-state index in [1.54, 1.807) is 42.5 Å². The van der Waals surface area contributed by atoms with Crippen molar-refractivity contribution in [3.8, 4) is 11.5 Å². The van der Waals surface area contributed by atoms with Crippen molar-refractivity contribution in [3.05, 3.63) is 53.6 Å². The SMILES string of the molecule is CCCOC(=O)c1cccc(NC(=O)c2ccc(OC)c(OC)c2)c1. The van der Waals surface area contributed by atoms with Gasteiger partial charge in [-0.1, -0.05) is 13.0 Å². The number of carbonyl (C=O) groups excluding carboxylic acids is 2. The molecule has 25 heavy (non-hydrogen) atoms. The summed E-state index contributed by atoms with van der Waals surface area (Å²) in [5, 5.41) is 2.76. The smallest absolute Gasteiger partial charge is 0.338 e. The fourth-order valence-corrected chi connectivity index (χ4v) is 2.18. The largest absolute Gasteiger partial charge is 0.493 e. The number of hydrogen-bond donors (Lipinski definition) is 1. The average molecular weight is 343 g/mol. The van der Waals surface area contributed by atoms with Crippen molar-refractivity contribution in [1.29, 1.82) is 0 Å². The van der Waals surface area contributed by atoms with Gasteiger partial charge in [-0.05, 0) is 42.8 Å². The molecule has 0 unspecified atom stereocenters. The summed E-state index contributed by atoms with van der Waals surface area (Å²) in [6, 6.07) is 11.5. The maximum Gasteiger partial charge on any atom is 0.338 e. The third-order valence-corrected chi connectivity index (χ3v) is 3.44. The maximum absolute atomic E-state index is 12.4. The molecule has 0 aliphatic carbocycles. The van der Waals surface area contributed by atoms with Crippen LogP contribution in [0.4, 0.5) is 5.69 Å². The van der Waals surface area contributed by atoms with E-state index < -0.39 is 5.97 Å². The van der Waals surface area contributed by atoms with Crippen LogP contribution < -0.4 is 14.8 Å². The first-order valence-corrected chi connectivity index (χ1v) is 7.89. The first-order chi connectivity index (χ1) is 12.1. The lowest BCUT2D eigenvalue weighted by molar-refractivity contribution is 0.0505. The zero-order valence-corrected chi connectivity index (χ0v) is 14.5. The van der Waals surface area contributed by atoms with Crippen LogP contribution in [-0.4, -0.2) is 32.7 Å². The highest BCUT2D eigenvalue weighted by molar-refractivity contribution is 6.05. The third kappa shape index (κ3) is 4.73. The Labute approximate surface area is 146 Å². The molecule has 2 rings (SSSR count). The Morgan fingerprint density at radius 1 is 0.960 bits per heavy atom. The highest BCUT2D eigenvalue weighted by Crippen LogP contribution is 2.27. The molecule has 2 aromatic carbocycles. The molecule has 0 aromatic heterocycles. The fraction of sp³-hybridized carbons (Fsp3) is 0.263. The van der Waals surface area contributed by atoms with Gasteiger partial charge in [0, 0.05) is 11.3 Å². The van der Waals surface area contributed by atoms with Crippen LogP contribution in [0.2, 0.25) is 0 Å². The summed E-state index contributed by atoms with van der Waals surface area (Å²) < 4.78 is 15.5. The molecule has 0 radical (unpaired) electrons. The molecule has 1 N–H and O–H groups in total. The van der Waals surface area contributed by atoms with E-state index in [9.17, 15) is 9.59 Å². The number of rotatable bonds is 7. The highest BCUT2D eigenvalue weighted by Gasteiger charge is 2.12. The van der Waals surface area contributed by atoms with E-state index >= 15 is 0 Å². The van der Waals surface area contributed by atoms with Crippen LogP contribution in [-0.2, 0) is 4.74 Å². The van der Waals surface area contributed by atoms with Crippen molar-refractivity contribution in [2.45, 2.75) is 13.3 Å². The number of amides is 1. The van der Waals surface area contributed by atoms with Gasteiger partial charge >= 0.3 is 5.97 Å². The summed E-state index contributed by atoms with van der Waals surface area (Å²) in [5.41, 5.74) is 1.31. The Hall–Kier alpha value is -3.02. The van der Waals surface area contributed by atoms with Gasteiger partial charge in [0.2, 0.25) is 0 Å². The molecule has 6 nitrogen and oxygen atoms in total. The van der Waals surface area contributed by atoms with Crippen LogP contribution in [0.25, 0.3) is 0 Å². The Morgan fingerprint density at radius 3 is 2.40 bits per heavy atom. The lowest BCUT2D eigenvalue weighted by Crippen LogP contribution is -2.13. The number of ether oxygens (including phenoxy) is 3. The highest BCUT2D eigenvalue weighted by atomic mass is 16.5. The topological polar surface area (TPSA) is 73.9 Å². The van der Waals surface area contributed by atoms with Crippen LogP contribution in [0.1, 0.15) is 34.1 Å². The second-order valence-corrected chi connectivity index (χ2v) is 5.24. The van der Waals surface area contributed by atoms with E-state index in [4.69, 9.17) is 14.2 Å². The second kappa shape index (κ2) is 8.73. The van der Waals surface area contributed by atoms with Crippen molar-refractivity contribution < 1.29 is 23.8 Å². The Kier molecular flexibility index (Phi) is 6.39. The van der Waals surface area contributed by atoms with Crippen molar-refractivity contribution >= 4 is 17.6 Å². The van der Waals surface area contributed by atoms with Crippen LogP contribution in [0.3, 0.4) is 0 Å². The first-order valence-electron chi connectivity index (χ1n) is 7.89. The van der Waals surface area contributed by atoms with E-state index in [0.717, 1.165) is 6.42 Å². The molecule has 1 amide bonds. The van der Waals surface area contributed by atoms with Gasteiger partial charge in [-0.15, -0.1) is 0 Å². The Bertz CT molecular complexity index is 757. The summed E-state index contributed by atoms with van der Waals surface area (Å²) in [6.45, 7) is 2.29. The van der Waals surface area contributed by atoms with Gasteiger partial charge in [0.15, 0.2) is 11.5 Å². The molecule has 0 bridgehead atoms. The first kappa shape index (κ1) is 18.3. The molecule has 0 saturated carbocycles. The molecule has 2 aromatic rings. The molecule has 6 heteroatoms. The summed E-state index contributed by atoms with van der Waals surface area (Å²) in [4.78, 5) is 24.3. The van der Waals surface area contributed by atoms with Crippen LogP contribution in [0.5, 0.6) is 11.5 Å². The Morgan fingerprint density at radius 2 is 1.72 bits per heavy atom. The molecule has 132 valence electrons. The summed E-state index contributed by atoms with van der Waals surface area (Å²) in [5.74, 6) is 0.274. The second-order valence-electron chi connectivity index (χ2n) is 5.24. The quantitative estimate of drug-likeness (QED) is 0.779. The summed E-state index contributed by atoms with van der Waals surface area (Å²) in [6.07, 6.45) is 0.751. The molecule has 0 aliphatic rings. The minimum Gasteiger partial charge on any atom is -0.493 e. The normalized spacial score (nSPS) is 10.0. The van der Waals surface area contributed by atoms with E-state index in [2.05, 4.69) is 5.32 Å². The predicted octanol–water partition coefficient (Wildman–Crippen LogP) is 3.52. The molecule has 0 saturated heterocycles. The lowest BCUT2D eigenvalue weighted by atomic mass is 10.1. The van der Waals surface area contributed by atoms with Crippen molar-refractivity contribution in [3.63, 3.8) is 0 Å². The van der Waals surface area contributed by atoms with Gasteiger partial charge in [0.05, 0.1) is 26.4 Å². The molecule has 0 fully saturated rings. The number of nitrogens with one attached hydrogen (secondary N) is 1. The van der Waals surface area contributed by atoms with E-state index in [1.807, 2.05) is 6.92 Å². The molecule has 0 heterocycles. The number of hydrogen-bond acceptors (Lipinski definition) is 5. The monoisotopic (exact) mass is 343 g/mol. The Balaban J connectivity index is 2.14. The predicted molar refractivity (Wildman–Crippen MR) is 94.5 cm³/mol. The van der Waals surface area contributed by atoms with Crippen molar-refractivity contribution in [1.82, 2.24) is 0 Å². The minimum atomic E-state index is -0.413. The summed E-state index contributed by atoms with van der Waals surface area (Å²) in [7, 11) is 3.03. The van der Waals surface area contributed by atoms with E-state index in [-0.39, 0.29) is 5.91 Å². The molecule has 0 spiro atoms. The standard InChI is InChI=1S/C19H21NO5/c1-4-10-25-19(22)14-6-5-7-15(11-14)20-18(21)13-8-9-16(23-2)17(12-13)24-3/h5-9,11-12H,4,10H2,1-3H3,(H,20,21). The molecule has 0 atom stereocenters. The minimum absolute atomic E-state index is 0.319. The number of benzene rings is 2. The van der Waals surface area contributed by atoms with Gasteiger partial charge in [0.25, 0.3) is 5.91 Å². The van der Waals surface area contributed by atoms with Gasteiger partial charge in [-0.3, -0.25) is 4.79 Å². The molecule has 0 aliphatic heterocycles. The van der Waals surface area contributed by atoms with E-state index in [1.165, 1.54) is 14.2 Å². The van der Waals surface area contributed by atoms with Crippen LogP contribution in [0.15, 0.2) is 42.5 Å². The zero-order valence-electron chi connectivity index (χ0n) is 14.5.